The van der Waals surface area contributed by atoms with E-state index in [1.807, 2.05) is 6.07 Å². The molecule has 2 heterocycles. The molecule has 4 rings (SSSR count). The van der Waals surface area contributed by atoms with Crippen molar-refractivity contribution in [2.24, 2.45) is 10.9 Å². The van der Waals surface area contributed by atoms with Crippen molar-refractivity contribution in [1.82, 2.24) is 19.1 Å². The second-order valence-corrected chi connectivity index (χ2v) is 9.13. The van der Waals surface area contributed by atoms with E-state index in [0.29, 0.717) is 27.6 Å². The lowest BCUT2D eigenvalue weighted by atomic mass is 10.0. The number of nitrogens with zero attached hydrogens (tertiary/aromatic N) is 5. The van der Waals surface area contributed by atoms with Gasteiger partial charge in [-0.05, 0) is 61.9 Å². The lowest BCUT2D eigenvalue weighted by Gasteiger charge is -2.19. The molecule has 11 nitrogen and oxygen atoms in total. The maximum atomic E-state index is 13.5. The monoisotopic (exact) mass is 546 g/mol. The van der Waals surface area contributed by atoms with Gasteiger partial charge in [0.15, 0.2) is 0 Å². The van der Waals surface area contributed by atoms with Crippen molar-refractivity contribution >= 4 is 23.3 Å². The fourth-order valence-corrected chi connectivity index (χ4v) is 3.82. The van der Waals surface area contributed by atoms with Crippen LogP contribution in [0.15, 0.2) is 81.4 Å². The van der Waals surface area contributed by atoms with Crippen LogP contribution in [0.5, 0.6) is 11.6 Å². The Morgan fingerprint density at radius 3 is 2.49 bits per heavy atom. The van der Waals surface area contributed by atoms with E-state index in [9.17, 15) is 19.5 Å². The fourth-order valence-electron chi connectivity index (χ4n) is 3.69. The number of aromatic amines is 1. The van der Waals surface area contributed by atoms with Crippen LogP contribution in [0.2, 0.25) is 5.02 Å². The predicted molar refractivity (Wildman–Crippen MR) is 142 cm³/mol. The minimum Gasteiger partial charge on any atom is -0.481 e. The molecule has 0 saturated heterocycles. The van der Waals surface area contributed by atoms with E-state index in [2.05, 4.69) is 15.0 Å². The first-order valence-electron chi connectivity index (χ1n) is 11.8. The maximum absolute atomic E-state index is 13.5. The molecule has 0 amide bonds. The molecule has 0 aliphatic carbocycles. The van der Waals surface area contributed by atoms with Crippen LogP contribution < -0.4 is 21.7 Å². The molecule has 0 bridgehead atoms. The topological polar surface area (TPSA) is 155 Å². The van der Waals surface area contributed by atoms with Crippen LogP contribution in [-0.4, -0.2) is 30.2 Å². The van der Waals surface area contributed by atoms with E-state index in [-0.39, 0.29) is 18.0 Å². The Kier molecular flexibility index (Phi) is 8.07. The Hall–Kier alpha value is -4.95. The van der Waals surface area contributed by atoms with Crippen LogP contribution in [0.4, 0.5) is 5.69 Å². The van der Waals surface area contributed by atoms with Crippen LogP contribution in [0.25, 0.3) is 0 Å². The molecule has 0 fully saturated rings. The number of carbonyl (C=O) groups is 1. The summed E-state index contributed by atoms with van der Waals surface area (Å²) in [5.41, 5.74) is 0.00892. The van der Waals surface area contributed by atoms with Crippen molar-refractivity contribution in [3.05, 3.63) is 110 Å². The lowest BCUT2D eigenvalue weighted by molar-refractivity contribution is -0.142. The first-order chi connectivity index (χ1) is 18.7. The second kappa shape index (κ2) is 11.6. The first-order valence-corrected chi connectivity index (χ1v) is 12.2. The number of rotatable bonds is 8. The van der Waals surface area contributed by atoms with Crippen molar-refractivity contribution in [1.29, 1.82) is 5.26 Å². The van der Waals surface area contributed by atoms with Gasteiger partial charge in [0.25, 0.3) is 0 Å². The van der Waals surface area contributed by atoms with Crippen molar-refractivity contribution in [3.63, 3.8) is 0 Å². The molecule has 2 N–H and O–H groups in total. The summed E-state index contributed by atoms with van der Waals surface area (Å²) >= 11 is 5.99. The summed E-state index contributed by atoms with van der Waals surface area (Å²) in [5, 5.41) is 19.0. The summed E-state index contributed by atoms with van der Waals surface area (Å²) in [4.78, 5) is 49.2. The van der Waals surface area contributed by atoms with Gasteiger partial charge >= 0.3 is 17.3 Å². The van der Waals surface area contributed by atoms with Crippen LogP contribution in [0, 0.1) is 17.2 Å². The van der Waals surface area contributed by atoms with Crippen molar-refractivity contribution in [2.75, 3.05) is 0 Å². The molecule has 0 saturated carbocycles. The van der Waals surface area contributed by atoms with E-state index >= 15 is 0 Å². The number of benzene rings is 2. The third-order valence-corrected chi connectivity index (χ3v) is 6.31. The standard InChI is InChI=1S/C27H23ClN6O5/c1-16(24(35)36)17(2)34-26(37)32-25(33(27(34)38)15-18-3-5-20(28)6-4-18)31-21-7-9-22(10-8-21)39-23-13-19(14-29)11-12-30-23/h3-13,16-17H,15H2,1-2H3,(H,35,36)(H,31,32,37)/t16-,17+/m1/s1. The molecule has 2 aromatic heterocycles. The van der Waals surface area contributed by atoms with E-state index in [1.165, 1.54) is 30.7 Å². The van der Waals surface area contributed by atoms with Gasteiger partial charge in [0.1, 0.15) is 5.75 Å². The Morgan fingerprint density at radius 1 is 1.15 bits per heavy atom. The number of nitriles is 1. The SMILES string of the molecule is C[C@@H](C(=O)O)[C@H](C)n1c(=O)[nH]/c(=N\c2ccc(Oc3cc(C#N)ccn3)cc2)n(Cc2ccc(Cl)cc2)c1=O. The molecule has 0 spiro atoms. The number of halogens is 1. The number of pyridine rings is 1. The highest BCUT2D eigenvalue weighted by atomic mass is 35.5. The Labute approximate surface area is 226 Å². The second-order valence-electron chi connectivity index (χ2n) is 8.69. The van der Waals surface area contributed by atoms with E-state index in [0.717, 1.165) is 4.57 Å². The predicted octanol–water partition coefficient (Wildman–Crippen LogP) is 3.61. The zero-order valence-electron chi connectivity index (χ0n) is 20.9. The molecule has 0 unspecified atom stereocenters. The number of H-pyrrole nitrogens is 1. The average Bonchev–Trinajstić information content (AvgIpc) is 2.92. The van der Waals surface area contributed by atoms with E-state index < -0.39 is 29.3 Å². The number of ether oxygens (including phenoxy) is 1. The highest BCUT2D eigenvalue weighted by Crippen LogP contribution is 2.23. The van der Waals surface area contributed by atoms with E-state index in [1.54, 1.807) is 54.6 Å². The summed E-state index contributed by atoms with van der Waals surface area (Å²) in [6.45, 7) is 2.97. The van der Waals surface area contributed by atoms with Gasteiger partial charge in [-0.15, -0.1) is 0 Å². The molecule has 4 aromatic rings. The number of aromatic nitrogens is 4. The summed E-state index contributed by atoms with van der Waals surface area (Å²) in [5.74, 6) is -1.45. The number of carboxylic acid groups (broad SMARTS) is 1. The Bertz CT molecular complexity index is 1730. The van der Waals surface area contributed by atoms with Gasteiger partial charge in [-0.2, -0.15) is 5.26 Å². The molecular formula is C27H23ClN6O5. The zero-order valence-corrected chi connectivity index (χ0v) is 21.7. The number of hydrogen-bond donors (Lipinski definition) is 2. The van der Waals surface area contributed by atoms with Gasteiger partial charge < -0.3 is 9.84 Å². The third-order valence-electron chi connectivity index (χ3n) is 6.06. The smallest absolute Gasteiger partial charge is 0.335 e. The van der Waals surface area contributed by atoms with Gasteiger partial charge in [0.05, 0.1) is 35.8 Å². The highest BCUT2D eigenvalue weighted by molar-refractivity contribution is 6.30. The maximum Gasteiger partial charge on any atom is 0.335 e. The Balaban J connectivity index is 1.76. The third kappa shape index (κ3) is 6.31. The molecular weight excluding hydrogens is 524 g/mol. The normalized spacial score (nSPS) is 12.9. The van der Waals surface area contributed by atoms with Crippen LogP contribution in [0.1, 0.15) is 31.0 Å². The van der Waals surface area contributed by atoms with Crippen LogP contribution in [0.3, 0.4) is 0 Å². The quantitative estimate of drug-likeness (QED) is 0.342. The Morgan fingerprint density at radius 2 is 1.85 bits per heavy atom. The minimum absolute atomic E-state index is 0.0246. The van der Waals surface area contributed by atoms with Gasteiger partial charge in [-0.25, -0.2) is 24.1 Å². The van der Waals surface area contributed by atoms with E-state index in [4.69, 9.17) is 21.6 Å². The van der Waals surface area contributed by atoms with Crippen LogP contribution >= 0.6 is 11.6 Å². The molecule has 0 aliphatic rings. The van der Waals surface area contributed by atoms with Gasteiger partial charge in [0.2, 0.25) is 11.5 Å². The summed E-state index contributed by atoms with van der Waals surface area (Å²) in [7, 11) is 0. The lowest BCUT2D eigenvalue weighted by Crippen LogP contribution is -2.52. The summed E-state index contributed by atoms with van der Waals surface area (Å²) < 4.78 is 7.82. The number of hydrogen-bond acceptors (Lipinski definition) is 7. The number of carboxylic acids is 1. The largest absolute Gasteiger partial charge is 0.481 e. The van der Waals surface area contributed by atoms with Crippen molar-refractivity contribution < 1.29 is 14.6 Å². The summed E-state index contributed by atoms with van der Waals surface area (Å²) in [6, 6.07) is 17.5. The molecule has 0 aliphatic heterocycles. The van der Waals surface area contributed by atoms with Crippen molar-refractivity contribution in [2.45, 2.75) is 26.4 Å². The first kappa shape index (κ1) is 27.1. The minimum atomic E-state index is -1.14. The molecule has 0 radical (unpaired) electrons. The molecule has 198 valence electrons. The average molecular weight is 547 g/mol. The molecule has 2 atom stereocenters. The van der Waals surface area contributed by atoms with Gasteiger partial charge in [-0.1, -0.05) is 23.7 Å². The number of nitrogens with one attached hydrogen (secondary N) is 1. The summed E-state index contributed by atoms with van der Waals surface area (Å²) in [6.07, 6.45) is 1.47. The fraction of sp³-hybridized carbons (Fsp3) is 0.185. The highest BCUT2D eigenvalue weighted by Gasteiger charge is 2.25. The van der Waals surface area contributed by atoms with Gasteiger partial charge in [-0.3, -0.25) is 14.3 Å². The molecule has 39 heavy (non-hydrogen) atoms. The number of aliphatic carboxylic acids is 1. The van der Waals surface area contributed by atoms with Gasteiger partial charge in [0, 0.05) is 17.3 Å². The molecule has 2 aromatic carbocycles. The van der Waals surface area contributed by atoms with Crippen molar-refractivity contribution in [3.8, 4) is 17.7 Å². The molecule has 12 heteroatoms. The van der Waals surface area contributed by atoms with Crippen LogP contribution in [-0.2, 0) is 11.3 Å². The zero-order chi connectivity index (χ0) is 28.1.